The summed E-state index contributed by atoms with van der Waals surface area (Å²) in [7, 11) is 1.37. The van der Waals surface area contributed by atoms with Crippen LogP contribution in [0, 0.1) is 6.92 Å². The number of halogens is 3. The molecular weight excluding hydrogens is 864 g/mol. The third-order valence-corrected chi connectivity index (χ3v) is 9.99. The number of amides is 2. The number of hydrogen-bond donors (Lipinski definition) is 8. The first kappa shape index (κ1) is 49.8. The highest BCUT2D eigenvalue weighted by Crippen LogP contribution is 2.42. The van der Waals surface area contributed by atoms with Crippen LogP contribution in [0.2, 0.25) is 0 Å². The van der Waals surface area contributed by atoms with Crippen LogP contribution < -0.4 is 32.8 Å². The van der Waals surface area contributed by atoms with E-state index >= 15 is 0 Å². The Balaban J connectivity index is 0.000000382. The number of carbonyl (C=O) groups is 2. The van der Waals surface area contributed by atoms with Gasteiger partial charge in [-0.25, -0.2) is 14.4 Å². The summed E-state index contributed by atoms with van der Waals surface area (Å²) in [6.45, 7) is 7.90. The van der Waals surface area contributed by atoms with Crippen LogP contribution in [-0.4, -0.2) is 109 Å². The Bertz CT molecular complexity index is 2480. The molecule has 6 rings (SSSR count). The fourth-order valence-electron chi connectivity index (χ4n) is 6.79. The van der Waals surface area contributed by atoms with Crippen molar-refractivity contribution in [1.82, 2.24) is 9.55 Å². The van der Waals surface area contributed by atoms with Gasteiger partial charge in [-0.3, -0.25) is 9.36 Å². The van der Waals surface area contributed by atoms with Crippen LogP contribution in [0.3, 0.4) is 0 Å². The van der Waals surface area contributed by atoms with Gasteiger partial charge in [-0.15, -0.1) is 12.4 Å². The summed E-state index contributed by atoms with van der Waals surface area (Å²) >= 11 is 0. The molecule has 63 heavy (non-hydrogen) atoms. The molecule has 2 amide bonds. The Kier molecular flexibility index (Phi) is 15.5. The number of nitrogens with one attached hydrogen (secondary N) is 1. The van der Waals surface area contributed by atoms with E-state index in [0.717, 1.165) is 17.8 Å². The number of alkyl halides is 2. The first-order chi connectivity index (χ1) is 29.0. The van der Waals surface area contributed by atoms with Crippen molar-refractivity contribution < 1.29 is 72.0 Å². The average molecular weight is 912 g/mol. The molecule has 2 aromatic carbocycles. The van der Waals surface area contributed by atoms with Gasteiger partial charge in [0.2, 0.25) is 12.5 Å². The fourth-order valence-corrected chi connectivity index (χ4v) is 6.79. The minimum absolute atomic E-state index is 0. The first-order valence-corrected chi connectivity index (χ1v) is 18.8. The van der Waals surface area contributed by atoms with Gasteiger partial charge in [-0.2, -0.15) is 13.8 Å². The Labute approximate surface area is 363 Å². The molecule has 10 N–H and O–H groups in total. The normalized spacial score (nSPS) is 23.4. The van der Waals surface area contributed by atoms with E-state index in [9.17, 15) is 48.4 Å². The molecule has 0 radical (unpaired) electrons. The number of phenolic OH excluding ortho intramolecular Hbond substituents is 1. The maximum absolute atomic E-state index is 13.7. The highest BCUT2D eigenvalue weighted by Gasteiger charge is 2.59. The number of benzene rings is 2. The number of aryl methyl sites for hydroxylation is 1. The van der Waals surface area contributed by atoms with E-state index in [2.05, 4.69) is 10.3 Å². The third kappa shape index (κ3) is 10.5. The molecule has 344 valence electrons. The van der Waals surface area contributed by atoms with Crippen LogP contribution in [0.25, 0.3) is 11.0 Å². The van der Waals surface area contributed by atoms with Crippen molar-refractivity contribution in [2.45, 2.75) is 95.6 Å². The molecule has 2 aliphatic heterocycles. The van der Waals surface area contributed by atoms with Crippen LogP contribution in [-0.2, 0) is 25.4 Å². The van der Waals surface area contributed by atoms with E-state index in [-0.39, 0.29) is 51.8 Å². The number of aliphatic hydroxyl groups is 3. The molecule has 0 saturated carbocycles. The summed E-state index contributed by atoms with van der Waals surface area (Å²) in [4.78, 5) is 52.2. The number of nitrogen functional groups attached to an aromatic ring is 1. The lowest BCUT2D eigenvalue weighted by Crippen LogP contribution is -2.65. The zero-order valence-corrected chi connectivity index (χ0v) is 35.4. The number of ether oxygens (including phenoxy) is 5. The van der Waals surface area contributed by atoms with Gasteiger partial charge in [0.15, 0.2) is 29.7 Å². The van der Waals surface area contributed by atoms with E-state index < -0.39 is 95.9 Å². The lowest BCUT2D eigenvalue weighted by atomic mass is 9.89. The molecular formula is C40H48ClF2N5O15. The van der Waals surface area contributed by atoms with Crippen LogP contribution in [0.5, 0.6) is 17.2 Å². The smallest absolute Gasteiger partial charge is 0.404 e. The number of aromatic hydroxyl groups is 2. The van der Waals surface area contributed by atoms with Gasteiger partial charge in [-0.1, -0.05) is 11.6 Å². The summed E-state index contributed by atoms with van der Waals surface area (Å²) in [5.74, 6) is -4.92. The highest BCUT2D eigenvalue weighted by molar-refractivity contribution is 6.06. The van der Waals surface area contributed by atoms with Crippen LogP contribution >= 0.6 is 12.4 Å². The van der Waals surface area contributed by atoms with Crippen LogP contribution in [0.1, 0.15) is 55.4 Å². The van der Waals surface area contributed by atoms with E-state index in [1.54, 1.807) is 20.8 Å². The predicted octanol–water partition coefficient (Wildman–Crippen LogP) is 2.76. The number of aromatic nitrogens is 2. The SMILES string of the molecule is COC1C(OC(N)=O)C(O)C(Oc2ccc3c(O)c(NC(=O)c4ccc(O)c(CC=C(C)C)c4)c(=O)oc3c2C)OC1(C)C.Cl.Nc1ccn(C2OC(CO)C(O)C2(F)F)c(=O)n1. The maximum atomic E-state index is 13.7. The summed E-state index contributed by atoms with van der Waals surface area (Å²) in [6.07, 6.45) is -8.50. The second-order valence-corrected chi connectivity index (χ2v) is 15.1. The zero-order valence-electron chi connectivity index (χ0n) is 34.6. The van der Waals surface area contributed by atoms with E-state index in [0.29, 0.717) is 16.6 Å². The van der Waals surface area contributed by atoms with Gasteiger partial charge in [0.05, 0.1) is 17.6 Å². The van der Waals surface area contributed by atoms with Crippen molar-refractivity contribution in [3.05, 3.63) is 91.8 Å². The van der Waals surface area contributed by atoms with Gasteiger partial charge in [0, 0.05) is 24.4 Å². The summed E-state index contributed by atoms with van der Waals surface area (Å²) in [5.41, 5.74) is 8.75. The second kappa shape index (κ2) is 19.7. The molecule has 2 saturated heterocycles. The Morgan fingerprint density at radius 3 is 2.37 bits per heavy atom. The quantitative estimate of drug-likeness (QED) is 0.0838. The summed E-state index contributed by atoms with van der Waals surface area (Å²) in [5, 5.41) is 52.7. The molecule has 23 heteroatoms. The highest BCUT2D eigenvalue weighted by atomic mass is 35.5. The number of nitrogens with zero attached hydrogens (tertiary/aromatic N) is 2. The van der Waals surface area contributed by atoms with Gasteiger partial charge in [0.25, 0.3) is 5.91 Å². The first-order valence-electron chi connectivity index (χ1n) is 18.8. The lowest BCUT2D eigenvalue weighted by molar-refractivity contribution is -0.304. The molecule has 4 heterocycles. The Morgan fingerprint density at radius 1 is 1.10 bits per heavy atom. The molecule has 2 aliphatic rings. The molecule has 0 bridgehead atoms. The number of phenols is 1. The Morgan fingerprint density at radius 2 is 1.78 bits per heavy atom. The number of primary amides is 1. The molecule has 0 aliphatic carbocycles. The number of methoxy groups -OCH3 is 1. The van der Waals surface area contributed by atoms with Crippen molar-refractivity contribution in [1.29, 1.82) is 0 Å². The molecule has 20 nitrogen and oxygen atoms in total. The summed E-state index contributed by atoms with van der Waals surface area (Å²) < 4.78 is 60.6. The number of anilines is 2. The number of carbonyl (C=O) groups excluding carboxylic acids is 2. The number of aliphatic hydroxyl groups excluding tert-OH is 3. The second-order valence-electron chi connectivity index (χ2n) is 15.1. The number of hydrogen-bond acceptors (Lipinski definition) is 17. The lowest BCUT2D eigenvalue weighted by Gasteiger charge is -2.47. The minimum atomic E-state index is -3.71. The average Bonchev–Trinajstić information content (AvgIpc) is 3.42. The van der Waals surface area contributed by atoms with Crippen LogP contribution in [0.4, 0.5) is 25.1 Å². The fraction of sp³-hybridized carbons (Fsp3) is 0.425. The zero-order chi connectivity index (χ0) is 46.0. The molecule has 2 fully saturated rings. The number of nitrogens with two attached hydrogens (primary N) is 2. The van der Waals surface area contributed by atoms with Gasteiger partial charge >= 0.3 is 23.3 Å². The van der Waals surface area contributed by atoms with Gasteiger partial charge in [0.1, 0.15) is 35.1 Å². The van der Waals surface area contributed by atoms with Crippen molar-refractivity contribution in [2.24, 2.45) is 5.73 Å². The monoisotopic (exact) mass is 911 g/mol. The van der Waals surface area contributed by atoms with Crippen LogP contribution in [0.15, 0.2) is 68.3 Å². The largest absolute Gasteiger partial charge is 0.508 e. The molecule has 7 atom stereocenters. The standard InChI is InChI=1S/C31H36N2O11.C9H11F2N3O4.ClH/c1-14(2)7-8-16-13-17(9-11-19(16)34)27(37)33-21-22(35)18-10-12-20(15(3)24(18)42-28(21)38)41-29-23(36)25(43-30(32)39)26(40-6)31(4,5)44-29;10-9(11)6(16)4(3-15)18-7(9)14-2-1-5(12)13-8(14)17;/h7,9-13,23,25-26,29,34-36H,8H2,1-6H3,(H2,32,39)(H,33,37);1-2,4,6-7,15-16H,3H2,(H2,12,13,17);1H. The van der Waals surface area contributed by atoms with Gasteiger partial charge < -0.3 is 70.4 Å². The third-order valence-electron chi connectivity index (χ3n) is 9.99. The van der Waals surface area contributed by atoms with Crippen molar-refractivity contribution >= 4 is 46.9 Å². The Hall–Kier alpha value is -5.88. The molecule has 7 unspecified atom stereocenters. The van der Waals surface area contributed by atoms with Gasteiger partial charge in [-0.05, 0) is 83.0 Å². The number of fused-ring (bicyclic) bond motifs is 1. The van der Waals surface area contributed by atoms with Crippen molar-refractivity contribution in [2.75, 3.05) is 24.8 Å². The van der Waals surface area contributed by atoms with Crippen molar-refractivity contribution in [3.8, 4) is 17.2 Å². The summed E-state index contributed by atoms with van der Waals surface area (Å²) in [6, 6.07) is 8.27. The van der Waals surface area contributed by atoms with E-state index in [1.807, 2.05) is 19.9 Å². The maximum Gasteiger partial charge on any atom is 0.404 e. The van der Waals surface area contributed by atoms with E-state index in [4.69, 9.17) is 44.7 Å². The van der Waals surface area contributed by atoms with Crippen molar-refractivity contribution in [3.63, 3.8) is 0 Å². The number of allylic oxidation sites excluding steroid dienone is 2. The molecule has 2 aromatic heterocycles. The minimum Gasteiger partial charge on any atom is -0.508 e. The predicted molar refractivity (Wildman–Crippen MR) is 221 cm³/mol. The topological polar surface area (TPSA) is 311 Å². The number of rotatable bonds is 10. The molecule has 0 spiro atoms. The molecule has 4 aromatic rings. The van der Waals surface area contributed by atoms with E-state index in [1.165, 1.54) is 37.4 Å².